The fraction of sp³-hybridized carbons (Fsp3) is 0.562. The van der Waals surface area contributed by atoms with E-state index < -0.39 is 5.54 Å². The number of esters is 1. The van der Waals surface area contributed by atoms with Gasteiger partial charge in [-0.1, -0.05) is 26.0 Å². The topological polar surface area (TPSA) is 47.6 Å². The molecule has 0 heterocycles. The van der Waals surface area contributed by atoms with Crippen molar-refractivity contribution in [1.82, 2.24) is 0 Å². The van der Waals surface area contributed by atoms with Gasteiger partial charge in [0.05, 0.1) is 19.4 Å². The number of para-hydroxylation sites is 2. The van der Waals surface area contributed by atoms with E-state index in [1.165, 1.54) is 0 Å². The number of nitrogens with one attached hydrogen (secondary N) is 1. The number of hydrogen-bond acceptors (Lipinski definition) is 4. The van der Waals surface area contributed by atoms with Gasteiger partial charge in [-0.25, -0.2) is 4.79 Å². The van der Waals surface area contributed by atoms with Gasteiger partial charge in [-0.2, -0.15) is 0 Å². The van der Waals surface area contributed by atoms with Gasteiger partial charge in [0.15, 0.2) is 0 Å². The Labute approximate surface area is 121 Å². The number of methoxy groups -OCH3 is 1. The SMILES string of the molecule is CCOC(=O)C(C)(CC(C)C)Nc1ccccc1OC. The predicted octanol–water partition coefficient (Wildman–Crippen LogP) is 3.48. The molecule has 1 unspecified atom stereocenters. The maximum Gasteiger partial charge on any atom is 0.331 e. The monoisotopic (exact) mass is 279 g/mol. The van der Waals surface area contributed by atoms with Gasteiger partial charge in [0, 0.05) is 0 Å². The maximum atomic E-state index is 12.3. The molecule has 1 aromatic carbocycles. The molecular weight excluding hydrogens is 254 g/mol. The third kappa shape index (κ3) is 4.15. The third-order valence-electron chi connectivity index (χ3n) is 3.06. The first-order valence-electron chi connectivity index (χ1n) is 7.01. The van der Waals surface area contributed by atoms with E-state index >= 15 is 0 Å². The van der Waals surface area contributed by atoms with Gasteiger partial charge < -0.3 is 14.8 Å². The summed E-state index contributed by atoms with van der Waals surface area (Å²) in [6.07, 6.45) is 0.684. The van der Waals surface area contributed by atoms with Crippen LogP contribution in [0, 0.1) is 5.92 Å². The first kappa shape index (κ1) is 16.3. The number of hydrogen-bond donors (Lipinski definition) is 1. The quantitative estimate of drug-likeness (QED) is 0.776. The summed E-state index contributed by atoms with van der Waals surface area (Å²) in [6.45, 7) is 8.23. The molecule has 1 N–H and O–H groups in total. The molecular formula is C16H25NO3. The van der Waals surface area contributed by atoms with Crippen LogP contribution in [-0.4, -0.2) is 25.2 Å². The smallest absolute Gasteiger partial charge is 0.331 e. The molecule has 0 saturated carbocycles. The van der Waals surface area contributed by atoms with Crippen LogP contribution < -0.4 is 10.1 Å². The number of carbonyl (C=O) groups is 1. The van der Waals surface area contributed by atoms with Gasteiger partial charge in [-0.05, 0) is 38.3 Å². The van der Waals surface area contributed by atoms with E-state index in [-0.39, 0.29) is 5.97 Å². The summed E-state index contributed by atoms with van der Waals surface area (Å²) in [5.74, 6) is 0.845. The van der Waals surface area contributed by atoms with Crippen LogP contribution >= 0.6 is 0 Å². The molecule has 4 heteroatoms. The number of anilines is 1. The van der Waals surface area contributed by atoms with Crippen LogP contribution in [0.1, 0.15) is 34.1 Å². The zero-order valence-electron chi connectivity index (χ0n) is 13.0. The first-order valence-corrected chi connectivity index (χ1v) is 7.01. The number of carbonyl (C=O) groups excluding carboxylic acids is 1. The van der Waals surface area contributed by atoms with E-state index in [0.29, 0.717) is 24.7 Å². The van der Waals surface area contributed by atoms with E-state index in [0.717, 1.165) is 5.69 Å². The molecule has 0 aromatic heterocycles. The molecule has 0 spiro atoms. The molecule has 0 saturated heterocycles. The molecule has 0 bridgehead atoms. The second-order valence-corrected chi connectivity index (χ2v) is 5.48. The van der Waals surface area contributed by atoms with Crippen molar-refractivity contribution < 1.29 is 14.3 Å². The molecule has 0 aliphatic carbocycles. The van der Waals surface area contributed by atoms with Crippen molar-refractivity contribution in [2.75, 3.05) is 19.0 Å². The Morgan fingerprint density at radius 1 is 1.35 bits per heavy atom. The minimum Gasteiger partial charge on any atom is -0.495 e. The average Bonchev–Trinajstić information content (AvgIpc) is 2.38. The number of benzene rings is 1. The standard InChI is InChI=1S/C16H25NO3/c1-6-20-15(18)16(4,11-12(2)3)17-13-9-7-8-10-14(13)19-5/h7-10,12,17H,6,11H2,1-5H3. The Balaban J connectivity index is 3.02. The van der Waals surface area contributed by atoms with Gasteiger partial charge in [-0.15, -0.1) is 0 Å². The number of ether oxygens (including phenoxy) is 2. The summed E-state index contributed by atoms with van der Waals surface area (Å²) >= 11 is 0. The Hall–Kier alpha value is -1.71. The lowest BCUT2D eigenvalue weighted by molar-refractivity contribution is -0.148. The molecule has 0 aliphatic rings. The fourth-order valence-electron chi connectivity index (χ4n) is 2.34. The van der Waals surface area contributed by atoms with Gasteiger partial charge in [0.1, 0.15) is 11.3 Å². The highest BCUT2D eigenvalue weighted by Crippen LogP contribution is 2.30. The van der Waals surface area contributed by atoms with Crippen molar-refractivity contribution in [2.24, 2.45) is 5.92 Å². The van der Waals surface area contributed by atoms with E-state index in [1.54, 1.807) is 7.11 Å². The Kier molecular flexibility index (Phi) is 5.86. The lowest BCUT2D eigenvalue weighted by Gasteiger charge is -2.31. The van der Waals surface area contributed by atoms with E-state index in [9.17, 15) is 4.79 Å². The highest BCUT2D eigenvalue weighted by atomic mass is 16.5. The minimum absolute atomic E-state index is 0.236. The molecule has 0 fully saturated rings. The summed E-state index contributed by atoms with van der Waals surface area (Å²) in [7, 11) is 1.62. The van der Waals surface area contributed by atoms with Crippen molar-refractivity contribution in [3.05, 3.63) is 24.3 Å². The molecule has 1 aromatic rings. The van der Waals surface area contributed by atoms with Crippen LogP contribution in [0.5, 0.6) is 5.75 Å². The van der Waals surface area contributed by atoms with Gasteiger partial charge >= 0.3 is 5.97 Å². The highest BCUT2D eigenvalue weighted by Gasteiger charge is 2.36. The van der Waals surface area contributed by atoms with Crippen LogP contribution in [-0.2, 0) is 9.53 Å². The predicted molar refractivity (Wildman–Crippen MR) is 81.1 cm³/mol. The number of rotatable bonds is 7. The van der Waals surface area contributed by atoms with E-state index in [1.807, 2.05) is 38.1 Å². The summed E-state index contributed by atoms with van der Waals surface area (Å²) < 4.78 is 10.5. The van der Waals surface area contributed by atoms with Crippen LogP contribution in [0.3, 0.4) is 0 Å². The lowest BCUT2D eigenvalue weighted by Crippen LogP contribution is -2.45. The molecule has 1 rings (SSSR count). The molecule has 4 nitrogen and oxygen atoms in total. The van der Waals surface area contributed by atoms with Gasteiger partial charge in [-0.3, -0.25) is 0 Å². The average molecular weight is 279 g/mol. The second-order valence-electron chi connectivity index (χ2n) is 5.48. The van der Waals surface area contributed by atoms with Crippen molar-refractivity contribution in [1.29, 1.82) is 0 Å². The van der Waals surface area contributed by atoms with E-state index in [4.69, 9.17) is 9.47 Å². The van der Waals surface area contributed by atoms with Crippen LogP contribution in [0.2, 0.25) is 0 Å². The largest absolute Gasteiger partial charge is 0.495 e. The van der Waals surface area contributed by atoms with Crippen LogP contribution in [0.25, 0.3) is 0 Å². The van der Waals surface area contributed by atoms with Crippen molar-refractivity contribution in [3.8, 4) is 5.75 Å². The Bertz CT molecular complexity index is 445. The molecule has 20 heavy (non-hydrogen) atoms. The molecule has 0 amide bonds. The molecule has 0 aliphatic heterocycles. The fourth-order valence-corrected chi connectivity index (χ4v) is 2.34. The normalized spacial score (nSPS) is 13.7. The van der Waals surface area contributed by atoms with Crippen molar-refractivity contribution >= 4 is 11.7 Å². The summed E-state index contributed by atoms with van der Waals surface area (Å²) in [5, 5.41) is 3.29. The van der Waals surface area contributed by atoms with Crippen molar-refractivity contribution in [2.45, 2.75) is 39.7 Å². The minimum atomic E-state index is -0.765. The molecule has 112 valence electrons. The Morgan fingerprint density at radius 2 is 2.00 bits per heavy atom. The third-order valence-corrected chi connectivity index (χ3v) is 3.06. The summed E-state index contributed by atoms with van der Waals surface area (Å²) in [5.41, 5.74) is 0.0323. The lowest BCUT2D eigenvalue weighted by atomic mass is 9.90. The van der Waals surface area contributed by atoms with Crippen LogP contribution in [0.4, 0.5) is 5.69 Å². The first-order chi connectivity index (χ1) is 9.42. The zero-order chi connectivity index (χ0) is 15.2. The zero-order valence-corrected chi connectivity index (χ0v) is 13.0. The Morgan fingerprint density at radius 3 is 2.55 bits per heavy atom. The maximum absolute atomic E-state index is 12.3. The van der Waals surface area contributed by atoms with Crippen molar-refractivity contribution in [3.63, 3.8) is 0 Å². The summed E-state index contributed by atoms with van der Waals surface area (Å²) in [4.78, 5) is 12.3. The summed E-state index contributed by atoms with van der Waals surface area (Å²) in [6, 6.07) is 7.57. The molecule has 1 atom stereocenters. The van der Waals surface area contributed by atoms with Crippen LogP contribution in [0.15, 0.2) is 24.3 Å². The molecule has 0 radical (unpaired) electrons. The van der Waals surface area contributed by atoms with E-state index in [2.05, 4.69) is 19.2 Å². The van der Waals surface area contributed by atoms with Gasteiger partial charge in [0.2, 0.25) is 0 Å². The van der Waals surface area contributed by atoms with Gasteiger partial charge in [0.25, 0.3) is 0 Å². The second kappa shape index (κ2) is 7.17. The highest BCUT2D eigenvalue weighted by molar-refractivity contribution is 5.84.